The number of aliphatic hydroxyl groups is 1. The maximum atomic E-state index is 12.1. The van der Waals surface area contributed by atoms with Crippen LogP contribution in [0, 0.1) is 11.3 Å². The molecule has 1 amide bonds. The normalized spacial score (nSPS) is 24.7. The predicted octanol–water partition coefficient (Wildman–Crippen LogP) is 4.15. The Hall–Kier alpha value is -2.34. The summed E-state index contributed by atoms with van der Waals surface area (Å²) in [6.07, 6.45) is 10.4. The van der Waals surface area contributed by atoms with Crippen molar-refractivity contribution in [2.24, 2.45) is 17.1 Å². The molecule has 2 atom stereocenters. The van der Waals surface area contributed by atoms with Crippen LogP contribution in [0.1, 0.15) is 86.1 Å². The minimum atomic E-state index is -0.456. The van der Waals surface area contributed by atoms with E-state index in [1.54, 1.807) is 6.07 Å². The van der Waals surface area contributed by atoms with Crippen LogP contribution < -0.4 is 11.1 Å². The largest absolute Gasteiger partial charge is 0.391 e. The summed E-state index contributed by atoms with van der Waals surface area (Å²) in [7, 11) is 0. The Morgan fingerprint density at radius 3 is 2.75 bits per heavy atom. The first kappa shape index (κ1) is 21.5. The van der Waals surface area contributed by atoms with E-state index in [-0.39, 0.29) is 11.5 Å². The van der Waals surface area contributed by atoms with Crippen LogP contribution in [0.2, 0.25) is 0 Å². The molecule has 1 aromatic carbocycles. The third kappa shape index (κ3) is 4.29. The molecule has 2 saturated carbocycles. The molecule has 0 bridgehead atoms. The van der Waals surface area contributed by atoms with Crippen LogP contribution in [0.5, 0.6) is 0 Å². The lowest BCUT2D eigenvalue weighted by Gasteiger charge is -2.31. The molecule has 0 unspecified atom stereocenters. The number of nitrogens with two attached hydrogens (primary N) is 1. The molecular weight excluding hydrogens is 400 g/mol. The lowest BCUT2D eigenvalue weighted by atomic mass is 9.76. The third-order valence-electron chi connectivity index (χ3n) is 7.63. The molecule has 5 rings (SSSR count). The molecule has 2 aromatic rings. The van der Waals surface area contributed by atoms with E-state index >= 15 is 0 Å². The van der Waals surface area contributed by atoms with E-state index in [0.29, 0.717) is 11.3 Å². The number of rotatable bonds is 6. The van der Waals surface area contributed by atoms with E-state index in [4.69, 9.17) is 10.8 Å². The summed E-state index contributed by atoms with van der Waals surface area (Å²) < 4.78 is 2.11. The fourth-order valence-electron chi connectivity index (χ4n) is 5.46. The van der Waals surface area contributed by atoms with E-state index in [9.17, 15) is 9.90 Å². The van der Waals surface area contributed by atoms with Crippen LogP contribution >= 0.6 is 0 Å². The number of nitrogens with zero attached hydrogens (tertiary/aromatic N) is 2. The van der Waals surface area contributed by atoms with Crippen molar-refractivity contribution < 1.29 is 9.90 Å². The monoisotopic (exact) mass is 436 g/mol. The number of primary amides is 1. The third-order valence-corrected chi connectivity index (χ3v) is 7.63. The minimum absolute atomic E-state index is 0.0620. The Balaban J connectivity index is 1.54. The molecule has 6 heteroatoms. The van der Waals surface area contributed by atoms with Gasteiger partial charge in [-0.25, -0.2) is 4.68 Å². The van der Waals surface area contributed by atoms with Crippen LogP contribution in [0.4, 0.5) is 5.69 Å². The smallest absolute Gasteiger partial charge is 0.250 e. The fraction of sp³-hybridized carbons (Fsp3) is 0.615. The molecule has 0 aliphatic heterocycles. The molecule has 3 aliphatic rings. The van der Waals surface area contributed by atoms with Gasteiger partial charge in [-0.1, -0.05) is 26.7 Å². The number of benzene rings is 1. The van der Waals surface area contributed by atoms with Gasteiger partial charge in [-0.15, -0.1) is 0 Å². The predicted molar refractivity (Wildman–Crippen MR) is 126 cm³/mol. The van der Waals surface area contributed by atoms with E-state index in [1.165, 1.54) is 36.2 Å². The quantitative estimate of drug-likeness (QED) is 0.634. The molecule has 172 valence electrons. The average molecular weight is 437 g/mol. The van der Waals surface area contributed by atoms with Gasteiger partial charge in [0.25, 0.3) is 5.91 Å². The van der Waals surface area contributed by atoms with Crippen LogP contribution in [0.15, 0.2) is 18.2 Å². The zero-order valence-electron chi connectivity index (χ0n) is 19.4. The van der Waals surface area contributed by atoms with Crippen molar-refractivity contribution >= 4 is 11.6 Å². The van der Waals surface area contributed by atoms with Crippen molar-refractivity contribution in [3.63, 3.8) is 0 Å². The second-order valence-electron chi connectivity index (χ2n) is 11.0. The summed E-state index contributed by atoms with van der Waals surface area (Å²) in [6.45, 7) is 4.67. The van der Waals surface area contributed by atoms with E-state index in [1.807, 2.05) is 12.1 Å². The van der Waals surface area contributed by atoms with E-state index < -0.39 is 12.0 Å². The van der Waals surface area contributed by atoms with Crippen LogP contribution in [-0.2, 0) is 19.3 Å². The summed E-state index contributed by atoms with van der Waals surface area (Å²) in [5.41, 5.74) is 12.1. The summed E-state index contributed by atoms with van der Waals surface area (Å²) in [5, 5.41) is 19.0. The molecule has 1 heterocycles. The Labute approximate surface area is 190 Å². The van der Waals surface area contributed by atoms with Crippen molar-refractivity contribution in [3.8, 4) is 5.69 Å². The van der Waals surface area contributed by atoms with Gasteiger partial charge >= 0.3 is 0 Å². The zero-order chi connectivity index (χ0) is 22.5. The Morgan fingerprint density at radius 2 is 2.03 bits per heavy atom. The van der Waals surface area contributed by atoms with Crippen molar-refractivity contribution in [2.45, 2.75) is 90.2 Å². The fourth-order valence-corrected chi connectivity index (χ4v) is 5.46. The second kappa shape index (κ2) is 8.22. The van der Waals surface area contributed by atoms with Crippen molar-refractivity contribution in [2.75, 3.05) is 5.32 Å². The summed E-state index contributed by atoms with van der Waals surface area (Å²) >= 11 is 0. The average Bonchev–Trinajstić information content (AvgIpc) is 3.49. The SMILES string of the molecule is CC1(C)CCc2c(CC3CC3)nn(-c3ccc(C(N)=O)c(N[C@H]4CCCC[C@@H]4O)c3)c2C1. The number of hydrogen-bond acceptors (Lipinski definition) is 4. The number of anilines is 1. The van der Waals surface area contributed by atoms with E-state index in [2.05, 4.69) is 23.8 Å². The van der Waals surface area contributed by atoms with Gasteiger partial charge in [-0.3, -0.25) is 4.79 Å². The maximum absolute atomic E-state index is 12.1. The number of carbonyl (C=O) groups is 1. The van der Waals surface area contributed by atoms with Gasteiger partial charge in [0.05, 0.1) is 29.1 Å². The molecule has 0 spiro atoms. The molecule has 6 nitrogen and oxygen atoms in total. The Bertz CT molecular complexity index is 1020. The summed E-state index contributed by atoms with van der Waals surface area (Å²) in [4.78, 5) is 12.1. The molecule has 4 N–H and O–H groups in total. The van der Waals surface area contributed by atoms with Gasteiger partial charge in [0.2, 0.25) is 0 Å². The van der Waals surface area contributed by atoms with Gasteiger partial charge < -0.3 is 16.2 Å². The van der Waals surface area contributed by atoms with Crippen LogP contribution in [-0.4, -0.2) is 32.9 Å². The molecule has 3 aliphatic carbocycles. The second-order valence-corrected chi connectivity index (χ2v) is 11.0. The highest BCUT2D eigenvalue weighted by atomic mass is 16.3. The maximum Gasteiger partial charge on any atom is 0.250 e. The number of hydrogen-bond donors (Lipinski definition) is 3. The first-order valence-corrected chi connectivity index (χ1v) is 12.3. The number of aromatic nitrogens is 2. The standard InChI is InChI=1S/C26H36N4O2/c1-26(2)12-11-18-22(13-16-7-8-16)29-30(23(18)15-26)17-9-10-19(25(27)32)21(14-17)28-20-5-3-4-6-24(20)31/h9-10,14,16,20,24,28,31H,3-8,11-13,15H2,1-2H3,(H2,27,32)/t20-,24-/m0/s1. The zero-order valence-corrected chi connectivity index (χ0v) is 19.4. The number of fused-ring (bicyclic) bond motifs is 1. The van der Waals surface area contributed by atoms with E-state index in [0.717, 1.165) is 56.6 Å². The topological polar surface area (TPSA) is 93.2 Å². The molecule has 0 radical (unpaired) electrons. The van der Waals surface area contributed by atoms with Gasteiger partial charge in [0.15, 0.2) is 0 Å². The van der Waals surface area contributed by atoms with Crippen LogP contribution in [0.3, 0.4) is 0 Å². The highest BCUT2D eigenvalue weighted by Gasteiger charge is 2.33. The lowest BCUT2D eigenvalue weighted by Crippen LogP contribution is -2.37. The molecular formula is C26H36N4O2. The van der Waals surface area contributed by atoms with Crippen molar-refractivity contribution in [1.82, 2.24) is 9.78 Å². The number of amides is 1. The number of carbonyl (C=O) groups excluding carboxylic acids is 1. The lowest BCUT2D eigenvalue weighted by molar-refractivity contribution is 0.0999. The van der Waals surface area contributed by atoms with Crippen molar-refractivity contribution in [1.29, 1.82) is 0 Å². The van der Waals surface area contributed by atoms with Gasteiger partial charge in [0, 0.05) is 11.4 Å². The van der Waals surface area contributed by atoms with Crippen LogP contribution in [0.25, 0.3) is 5.69 Å². The molecule has 0 saturated heterocycles. The Morgan fingerprint density at radius 1 is 1.25 bits per heavy atom. The summed E-state index contributed by atoms with van der Waals surface area (Å²) in [6, 6.07) is 5.70. The molecule has 2 fully saturated rings. The highest BCUT2D eigenvalue weighted by molar-refractivity contribution is 5.99. The van der Waals surface area contributed by atoms with Crippen molar-refractivity contribution in [3.05, 3.63) is 40.7 Å². The van der Waals surface area contributed by atoms with Gasteiger partial charge in [0.1, 0.15) is 0 Å². The van der Waals surface area contributed by atoms with Gasteiger partial charge in [-0.2, -0.15) is 5.10 Å². The summed E-state index contributed by atoms with van der Waals surface area (Å²) in [5.74, 6) is 0.335. The minimum Gasteiger partial charge on any atom is -0.391 e. The number of nitrogens with one attached hydrogen (secondary N) is 1. The Kier molecular flexibility index (Phi) is 5.52. The molecule has 1 aromatic heterocycles. The first-order valence-electron chi connectivity index (χ1n) is 12.3. The first-order chi connectivity index (χ1) is 15.3. The molecule has 32 heavy (non-hydrogen) atoms. The van der Waals surface area contributed by atoms with Gasteiger partial charge in [-0.05, 0) is 86.5 Å². The highest BCUT2D eigenvalue weighted by Crippen LogP contribution is 2.40. The number of aliphatic hydroxyl groups excluding tert-OH is 1.